The van der Waals surface area contributed by atoms with E-state index in [1.807, 2.05) is 18.2 Å². The van der Waals surface area contributed by atoms with Gasteiger partial charge in [-0.1, -0.05) is 26.0 Å². The first-order chi connectivity index (χ1) is 8.04. The Bertz CT molecular complexity index is 390. The van der Waals surface area contributed by atoms with E-state index in [0.717, 1.165) is 18.7 Å². The van der Waals surface area contributed by atoms with Crippen LogP contribution in [-0.2, 0) is 6.54 Å². The van der Waals surface area contributed by atoms with Crippen molar-refractivity contribution in [2.24, 2.45) is 5.41 Å². The highest BCUT2D eigenvalue weighted by Gasteiger charge is 2.46. The molecule has 0 radical (unpaired) electrons. The number of methoxy groups -OCH3 is 1. The molecule has 2 unspecified atom stereocenters. The minimum Gasteiger partial charge on any atom is -0.497 e. The molecule has 0 amide bonds. The van der Waals surface area contributed by atoms with Crippen LogP contribution in [0.2, 0.25) is 0 Å². The molecule has 1 saturated carbocycles. The smallest absolute Gasteiger partial charge is 0.119 e. The molecule has 1 aromatic carbocycles. The monoisotopic (exact) mass is 235 g/mol. The molecular weight excluding hydrogens is 214 g/mol. The molecule has 2 rings (SSSR count). The van der Waals surface area contributed by atoms with Crippen LogP contribution in [0.15, 0.2) is 24.3 Å². The molecule has 0 aromatic heterocycles. The first-order valence-electron chi connectivity index (χ1n) is 6.08. The summed E-state index contributed by atoms with van der Waals surface area (Å²) in [6.07, 6.45) is 0.669. The first kappa shape index (κ1) is 12.4. The number of rotatable bonds is 4. The molecule has 1 aliphatic rings. The predicted octanol–water partition coefficient (Wildman–Crippen LogP) is 1.94. The Hall–Kier alpha value is -1.06. The van der Waals surface area contributed by atoms with Gasteiger partial charge >= 0.3 is 0 Å². The zero-order chi connectivity index (χ0) is 12.5. The molecule has 0 heterocycles. The second-order valence-electron chi connectivity index (χ2n) is 5.36. The summed E-state index contributed by atoms with van der Waals surface area (Å²) in [5, 5.41) is 13.2. The van der Waals surface area contributed by atoms with E-state index in [-0.39, 0.29) is 11.5 Å². The molecule has 0 bridgehead atoms. The minimum absolute atomic E-state index is 0.0150. The van der Waals surface area contributed by atoms with Gasteiger partial charge in [0.25, 0.3) is 0 Å². The molecular formula is C14H21NO2. The van der Waals surface area contributed by atoms with E-state index in [9.17, 15) is 5.11 Å². The lowest BCUT2D eigenvalue weighted by Gasteiger charge is -2.49. The summed E-state index contributed by atoms with van der Waals surface area (Å²) in [7, 11) is 1.68. The summed E-state index contributed by atoms with van der Waals surface area (Å²) in [4.78, 5) is 0. The molecule has 2 atom stereocenters. The highest BCUT2D eigenvalue weighted by atomic mass is 16.5. The van der Waals surface area contributed by atoms with Gasteiger partial charge in [0.2, 0.25) is 0 Å². The second kappa shape index (κ2) is 4.67. The van der Waals surface area contributed by atoms with E-state index in [1.54, 1.807) is 7.11 Å². The molecule has 2 N–H and O–H groups in total. The number of nitrogens with one attached hydrogen (secondary N) is 1. The summed E-state index contributed by atoms with van der Waals surface area (Å²) in [6, 6.07) is 8.45. The third-order valence-corrected chi connectivity index (χ3v) is 3.90. The molecule has 3 heteroatoms. The zero-order valence-corrected chi connectivity index (χ0v) is 10.7. The molecule has 1 aromatic rings. The van der Waals surface area contributed by atoms with Gasteiger partial charge in [-0.25, -0.2) is 0 Å². The van der Waals surface area contributed by atoms with Crippen molar-refractivity contribution >= 4 is 0 Å². The van der Waals surface area contributed by atoms with Crippen LogP contribution in [0.3, 0.4) is 0 Å². The fraction of sp³-hybridized carbons (Fsp3) is 0.571. The van der Waals surface area contributed by atoms with Crippen LogP contribution in [0, 0.1) is 5.41 Å². The van der Waals surface area contributed by atoms with Crippen molar-refractivity contribution in [3.8, 4) is 5.75 Å². The van der Waals surface area contributed by atoms with Crippen molar-refractivity contribution in [1.82, 2.24) is 5.32 Å². The van der Waals surface area contributed by atoms with Gasteiger partial charge < -0.3 is 15.2 Å². The zero-order valence-electron chi connectivity index (χ0n) is 10.7. The van der Waals surface area contributed by atoms with E-state index in [4.69, 9.17) is 4.74 Å². The van der Waals surface area contributed by atoms with Crippen LogP contribution < -0.4 is 10.1 Å². The average Bonchev–Trinajstić information content (AvgIpc) is 2.34. The van der Waals surface area contributed by atoms with Crippen LogP contribution in [0.4, 0.5) is 0 Å². The Morgan fingerprint density at radius 2 is 2.24 bits per heavy atom. The number of ether oxygens (including phenoxy) is 1. The lowest BCUT2D eigenvalue weighted by molar-refractivity contribution is -0.0729. The molecule has 0 aliphatic heterocycles. The maximum absolute atomic E-state index is 9.67. The lowest BCUT2D eigenvalue weighted by Crippen LogP contribution is -2.59. The SMILES string of the molecule is COc1cccc(CNC2CC(O)C2(C)C)c1. The highest BCUT2D eigenvalue weighted by Crippen LogP contribution is 2.40. The lowest BCUT2D eigenvalue weighted by atomic mass is 9.64. The summed E-state index contributed by atoms with van der Waals surface area (Å²) in [5.74, 6) is 0.886. The van der Waals surface area contributed by atoms with Crippen LogP contribution in [-0.4, -0.2) is 24.4 Å². The molecule has 1 aliphatic carbocycles. The topological polar surface area (TPSA) is 41.5 Å². The average molecular weight is 235 g/mol. The van der Waals surface area contributed by atoms with E-state index >= 15 is 0 Å². The number of benzene rings is 1. The molecule has 0 saturated heterocycles. The molecule has 1 fully saturated rings. The van der Waals surface area contributed by atoms with E-state index < -0.39 is 0 Å². The van der Waals surface area contributed by atoms with E-state index in [0.29, 0.717) is 6.04 Å². The van der Waals surface area contributed by atoms with Crippen molar-refractivity contribution in [1.29, 1.82) is 0 Å². The summed E-state index contributed by atoms with van der Waals surface area (Å²) >= 11 is 0. The van der Waals surface area contributed by atoms with Gasteiger partial charge in [0, 0.05) is 18.0 Å². The van der Waals surface area contributed by atoms with Gasteiger partial charge in [0.1, 0.15) is 5.75 Å². The normalized spacial score (nSPS) is 26.4. The maximum Gasteiger partial charge on any atom is 0.119 e. The Balaban J connectivity index is 1.90. The number of hydrogen-bond acceptors (Lipinski definition) is 3. The molecule has 0 spiro atoms. The van der Waals surface area contributed by atoms with Crippen LogP contribution in [0.1, 0.15) is 25.8 Å². The largest absolute Gasteiger partial charge is 0.497 e. The number of hydrogen-bond donors (Lipinski definition) is 2. The van der Waals surface area contributed by atoms with Crippen molar-refractivity contribution in [2.75, 3.05) is 7.11 Å². The van der Waals surface area contributed by atoms with Crippen molar-refractivity contribution in [3.63, 3.8) is 0 Å². The number of aliphatic hydroxyl groups is 1. The van der Waals surface area contributed by atoms with Gasteiger partial charge in [-0.3, -0.25) is 0 Å². The molecule has 17 heavy (non-hydrogen) atoms. The van der Waals surface area contributed by atoms with Crippen molar-refractivity contribution in [3.05, 3.63) is 29.8 Å². The fourth-order valence-electron chi connectivity index (χ4n) is 2.27. The van der Waals surface area contributed by atoms with Gasteiger partial charge in [0.15, 0.2) is 0 Å². The van der Waals surface area contributed by atoms with Crippen molar-refractivity contribution in [2.45, 2.75) is 39.0 Å². The maximum atomic E-state index is 9.67. The van der Waals surface area contributed by atoms with Crippen LogP contribution in [0.25, 0.3) is 0 Å². The third-order valence-electron chi connectivity index (χ3n) is 3.90. The standard InChI is InChI=1S/C14H21NO2/c1-14(2)12(8-13(14)16)15-9-10-5-4-6-11(7-10)17-3/h4-7,12-13,15-16H,8-9H2,1-3H3. The molecule has 3 nitrogen and oxygen atoms in total. The summed E-state index contributed by atoms with van der Waals surface area (Å²) in [5.41, 5.74) is 1.19. The predicted molar refractivity (Wildman–Crippen MR) is 68.0 cm³/mol. The molecule has 94 valence electrons. The second-order valence-corrected chi connectivity index (χ2v) is 5.36. The summed E-state index contributed by atoms with van der Waals surface area (Å²) < 4.78 is 5.19. The van der Waals surface area contributed by atoms with Crippen LogP contribution in [0.5, 0.6) is 5.75 Å². The Morgan fingerprint density at radius 1 is 1.47 bits per heavy atom. The fourth-order valence-corrected chi connectivity index (χ4v) is 2.27. The van der Waals surface area contributed by atoms with Gasteiger partial charge in [-0.2, -0.15) is 0 Å². The van der Waals surface area contributed by atoms with Gasteiger partial charge in [0.05, 0.1) is 13.2 Å². The van der Waals surface area contributed by atoms with E-state index in [2.05, 4.69) is 25.2 Å². The Labute approximate surface area is 103 Å². The van der Waals surface area contributed by atoms with E-state index in [1.165, 1.54) is 5.56 Å². The van der Waals surface area contributed by atoms with Crippen LogP contribution >= 0.6 is 0 Å². The summed E-state index contributed by atoms with van der Waals surface area (Å²) in [6.45, 7) is 5.02. The number of aliphatic hydroxyl groups excluding tert-OH is 1. The highest BCUT2D eigenvalue weighted by molar-refractivity contribution is 5.28. The van der Waals surface area contributed by atoms with Gasteiger partial charge in [-0.15, -0.1) is 0 Å². The van der Waals surface area contributed by atoms with Crippen molar-refractivity contribution < 1.29 is 9.84 Å². The minimum atomic E-state index is -0.176. The Morgan fingerprint density at radius 3 is 2.82 bits per heavy atom. The third kappa shape index (κ3) is 2.45. The first-order valence-corrected chi connectivity index (χ1v) is 6.08. The quantitative estimate of drug-likeness (QED) is 0.838. The Kier molecular flexibility index (Phi) is 3.40. The van der Waals surface area contributed by atoms with Gasteiger partial charge in [-0.05, 0) is 24.1 Å².